The highest BCUT2D eigenvalue weighted by molar-refractivity contribution is 6.48. The van der Waals surface area contributed by atoms with Crippen LogP contribution in [0.5, 0.6) is 5.75 Å². The fourth-order valence-corrected chi connectivity index (χ4v) is 5.47. The van der Waals surface area contributed by atoms with Gasteiger partial charge in [0.1, 0.15) is 11.3 Å². The number of nitrogens with zero attached hydrogens (tertiary/aromatic N) is 3. The minimum absolute atomic E-state index is 0.180. The lowest BCUT2D eigenvalue weighted by atomic mass is 10.0. The molecule has 5 rings (SSSR count). The van der Waals surface area contributed by atoms with Crippen LogP contribution in [0.2, 0.25) is 0 Å². The van der Waals surface area contributed by atoms with Gasteiger partial charge in [-0.3, -0.25) is 9.69 Å². The molecule has 2 aliphatic heterocycles. The third kappa shape index (κ3) is 10.2. The second-order valence-corrected chi connectivity index (χ2v) is 13.3. The lowest BCUT2D eigenvalue weighted by Crippen LogP contribution is -2.36. The predicted molar refractivity (Wildman–Crippen MR) is 193 cm³/mol. The van der Waals surface area contributed by atoms with E-state index in [0.717, 1.165) is 55.2 Å². The number of halogens is 1. The van der Waals surface area contributed by atoms with Crippen molar-refractivity contribution in [1.82, 2.24) is 10.2 Å². The Bertz CT molecular complexity index is 1750. The van der Waals surface area contributed by atoms with Crippen molar-refractivity contribution in [3.63, 3.8) is 0 Å². The molecule has 0 unspecified atom stereocenters. The van der Waals surface area contributed by atoms with Gasteiger partial charge in [0.25, 0.3) is 5.91 Å². The molecular formula is C40H45FN4O4. The normalized spacial score (nSPS) is 15.0. The van der Waals surface area contributed by atoms with Crippen molar-refractivity contribution in [3.05, 3.63) is 113 Å². The molecule has 3 aromatic carbocycles. The first-order valence-electron chi connectivity index (χ1n) is 17.0. The van der Waals surface area contributed by atoms with E-state index in [0.29, 0.717) is 42.4 Å². The number of fused-ring (bicyclic) bond motifs is 1. The van der Waals surface area contributed by atoms with Crippen molar-refractivity contribution in [2.24, 2.45) is 9.98 Å². The van der Waals surface area contributed by atoms with E-state index in [1.54, 1.807) is 29.3 Å². The Morgan fingerprint density at radius 2 is 1.63 bits per heavy atom. The van der Waals surface area contributed by atoms with Crippen LogP contribution in [0, 0.1) is 12.7 Å². The molecule has 0 spiro atoms. The number of ether oxygens (including phenoxy) is 2. The summed E-state index contributed by atoms with van der Waals surface area (Å²) in [5, 5.41) is 2.78. The molecule has 1 N–H and O–H groups in total. The third-order valence-electron chi connectivity index (χ3n) is 7.98. The van der Waals surface area contributed by atoms with Gasteiger partial charge < -0.3 is 14.8 Å². The molecule has 0 atom stereocenters. The molecule has 49 heavy (non-hydrogen) atoms. The highest BCUT2D eigenvalue weighted by Gasteiger charge is 2.35. The summed E-state index contributed by atoms with van der Waals surface area (Å²) >= 11 is 0. The minimum atomic E-state index is -0.493. The SMILES string of the molecule is Cc1ccc(C2=CN3C(=O)/C(=C/c4ccc(OCCCCCCCCNC(=O)OC(C)(C)C)c(F)c4)N=C3C(Cc3ccccc3)=N2)cc1. The Hall–Kier alpha value is -5.05. The van der Waals surface area contributed by atoms with Crippen LogP contribution in [-0.2, 0) is 16.0 Å². The van der Waals surface area contributed by atoms with Crippen LogP contribution in [0.15, 0.2) is 94.7 Å². The Kier molecular flexibility index (Phi) is 11.8. The van der Waals surface area contributed by atoms with E-state index in [2.05, 4.69) is 10.3 Å². The number of aryl methyl sites for hydroxylation is 1. The van der Waals surface area contributed by atoms with Crippen LogP contribution in [0.25, 0.3) is 11.8 Å². The molecule has 0 aromatic heterocycles. The summed E-state index contributed by atoms with van der Waals surface area (Å²) < 4.78 is 26.0. The molecule has 9 heteroatoms. The highest BCUT2D eigenvalue weighted by atomic mass is 19.1. The monoisotopic (exact) mass is 664 g/mol. The lowest BCUT2D eigenvalue weighted by Gasteiger charge is -2.22. The van der Waals surface area contributed by atoms with Crippen molar-refractivity contribution in [2.45, 2.75) is 78.2 Å². The van der Waals surface area contributed by atoms with E-state index in [1.807, 2.05) is 82.3 Å². The first-order valence-corrected chi connectivity index (χ1v) is 17.0. The van der Waals surface area contributed by atoms with Gasteiger partial charge in [0, 0.05) is 24.7 Å². The molecule has 0 radical (unpaired) electrons. The highest BCUT2D eigenvalue weighted by Crippen LogP contribution is 2.30. The quantitative estimate of drug-likeness (QED) is 0.138. The van der Waals surface area contributed by atoms with E-state index in [1.165, 1.54) is 6.07 Å². The summed E-state index contributed by atoms with van der Waals surface area (Å²) in [5.41, 5.74) is 4.70. The standard InChI is InChI=1S/C40H45FN4O4/c1-28-16-19-31(20-17-28)35-27-45-37(33(43-35)25-29-14-10-9-11-15-29)44-34(38(45)46)26-30-18-21-36(32(41)24-30)48-23-13-8-6-5-7-12-22-42-39(47)49-40(2,3)4/h9-11,14-21,24,26-27H,5-8,12-13,22-23,25H2,1-4H3,(H,42,47)/b34-26-. The van der Waals surface area contributed by atoms with Crippen molar-refractivity contribution in [1.29, 1.82) is 0 Å². The van der Waals surface area contributed by atoms with Crippen LogP contribution < -0.4 is 10.1 Å². The van der Waals surface area contributed by atoms with Gasteiger partial charge >= 0.3 is 6.09 Å². The number of hydrogen-bond donors (Lipinski definition) is 1. The van der Waals surface area contributed by atoms with Crippen molar-refractivity contribution < 1.29 is 23.5 Å². The van der Waals surface area contributed by atoms with E-state index in [4.69, 9.17) is 14.5 Å². The Labute approximate surface area is 288 Å². The van der Waals surface area contributed by atoms with Gasteiger partial charge in [-0.1, -0.05) is 91.9 Å². The van der Waals surface area contributed by atoms with Gasteiger partial charge in [0.15, 0.2) is 17.4 Å². The van der Waals surface area contributed by atoms with E-state index >= 15 is 4.39 Å². The van der Waals surface area contributed by atoms with Crippen molar-refractivity contribution >= 4 is 35.3 Å². The molecule has 2 heterocycles. The van der Waals surface area contributed by atoms with E-state index < -0.39 is 11.4 Å². The van der Waals surface area contributed by atoms with Gasteiger partial charge in [-0.25, -0.2) is 19.2 Å². The maximum atomic E-state index is 15.0. The van der Waals surface area contributed by atoms with Crippen LogP contribution in [0.1, 0.15) is 81.5 Å². The van der Waals surface area contributed by atoms with Crippen LogP contribution in [-0.4, -0.2) is 47.2 Å². The number of hydrogen-bond acceptors (Lipinski definition) is 6. The first-order chi connectivity index (χ1) is 23.6. The lowest BCUT2D eigenvalue weighted by molar-refractivity contribution is -0.120. The average Bonchev–Trinajstić information content (AvgIpc) is 3.37. The fraction of sp³-hybridized carbons (Fsp3) is 0.350. The number of carbonyl (C=O) groups is 2. The second kappa shape index (κ2) is 16.4. The van der Waals surface area contributed by atoms with Gasteiger partial charge in [-0.05, 0) is 69.9 Å². The molecule has 2 aliphatic rings. The summed E-state index contributed by atoms with van der Waals surface area (Å²) in [6.07, 6.45) is 9.24. The van der Waals surface area contributed by atoms with Crippen LogP contribution in [0.3, 0.4) is 0 Å². The summed E-state index contributed by atoms with van der Waals surface area (Å²) in [4.78, 5) is 36.4. The minimum Gasteiger partial charge on any atom is -0.491 e. The molecule has 3 aromatic rings. The zero-order valence-corrected chi connectivity index (χ0v) is 28.8. The molecule has 256 valence electrons. The summed E-state index contributed by atoms with van der Waals surface area (Å²) in [6.45, 7) is 8.56. The average molecular weight is 665 g/mol. The third-order valence-corrected chi connectivity index (χ3v) is 7.98. The molecule has 0 saturated carbocycles. The maximum Gasteiger partial charge on any atom is 0.407 e. The number of amides is 2. The number of rotatable bonds is 14. The number of aliphatic imine (C=N–C) groups is 2. The molecule has 8 nitrogen and oxygen atoms in total. The molecule has 0 fully saturated rings. The van der Waals surface area contributed by atoms with Gasteiger partial charge in [-0.15, -0.1) is 0 Å². The van der Waals surface area contributed by atoms with Crippen molar-refractivity contribution in [3.8, 4) is 5.75 Å². The van der Waals surface area contributed by atoms with Gasteiger partial charge in [0.05, 0.1) is 18.0 Å². The number of alkyl carbamates (subject to hydrolysis) is 1. The second-order valence-electron chi connectivity index (χ2n) is 13.3. The molecule has 2 amide bonds. The summed E-state index contributed by atoms with van der Waals surface area (Å²) in [7, 11) is 0. The number of benzene rings is 3. The van der Waals surface area contributed by atoms with Gasteiger partial charge in [0.2, 0.25) is 0 Å². The Balaban J connectivity index is 1.14. The number of nitrogens with one attached hydrogen (secondary N) is 1. The Morgan fingerprint density at radius 3 is 2.35 bits per heavy atom. The topological polar surface area (TPSA) is 92.6 Å². The molecule has 0 saturated heterocycles. The molecule has 0 bridgehead atoms. The smallest absolute Gasteiger partial charge is 0.407 e. The maximum absolute atomic E-state index is 15.0. The number of carbonyl (C=O) groups excluding carboxylic acids is 2. The van der Waals surface area contributed by atoms with Crippen LogP contribution in [0.4, 0.5) is 9.18 Å². The first kappa shape index (κ1) is 35.3. The molecular weight excluding hydrogens is 619 g/mol. The zero-order valence-electron chi connectivity index (χ0n) is 28.8. The van der Waals surface area contributed by atoms with Crippen LogP contribution >= 0.6 is 0 Å². The van der Waals surface area contributed by atoms with E-state index in [9.17, 15) is 9.59 Å². The summed E-state index contributed by atoms with van der Waals surface area (Å²) in [5.74, 6) is -0.121. The van der Waals surface area contributed by atoms with E-state index in [-0.39, 0.29) is 23.4 Å². The number of amidine groups is 1. The largest absolute Gasteiger partial charge is 0.491 e. The number of unbranched alkanes of at least 4 members (excludes halogenated alkanes) is 5. The summed E-state index contributed by atoms with van der Waals surface area (Å²) in [6, 6.07) is 22.7. The Morgan fingerprint density at radius 1 is 0.918 bits per heavy atom. The van der Waals surface area contributed by atoms with Crippen molar-refractivity contribution in [2.75, 3.05) is 13.2 Å². The zero-order chi connectivity index (χ0) is 34.8. The molecule has 0 aliphatic carbocycles. The van der Waals surface area contributed by atoms with Gasteiger partial charge in [-0.2, -0.15) is 0 Å². The predicted octanol–water partition coefficient (Wildman–Crippen LogP) is 8.66. The fourth-order valence-electron chi connectivity index (χ4n) is 5.47.